The number of thiophene rings is 1. The monoisotopic (exact) mass is 361 g/mol. The summed E-state index contributed by atoms with van der Waals surface area (Å²) in [5.41, 5.74) is 8.13. The zero-order valence-corrected chi connectivity index (χ0v) is 14.3. The second-order valence-corrected chi connectivity index (χ2v) is 7.46. The molecule has 0 amide bonds. The van der Waals surface area contributed by atoms with Gasteiger partial charge in [0.05, 0.1) is 20.2 Å². The molecular formula is C13H17BrClN3S. The number of nitrogens with two attached hydrogens (primary N) is 1. The van der Waals surface area contributed by atoms with Gasteiger partial charge in [-0.05, 0) is 48.3 Å². The fourth-order valence-corrected chi connectivity index (χ4v) is 3.85. The summed E-state index contributed by atoms with van der Waals surface area (Å²) >= 11 is 11.4. The van der Waals surface area contributed by atoms with Crippen LogP contribution in [0.15, 0.2) is 15.9 Å². The minimum absolute atomic E-state index is 0.0135. The van der Waals surface area contributed by atoms with Crippen LogP contribution in [-0.2, 0) is 0 Å². The summed E-state index contributed by atoms with van der Waals surface area (Å²) in [5, 5.41) is 5.29. The number of hydrogen-bond acceptors (Lipinski definition) is 3. The summed E-state index contributed by atoms with van der Waals surface area (Å²) in [6.45, 7) is 6.00. The number of rotatable bonds is 4. The Kier molecular flexibility index (Phi) is 4.71. The molecule has 2 heterocycles. The maximum Gasteiger partial charge on any atom is 0.101 e. The van der Waals surface area contributed by atoms with Crippen molar-refractivity contribution in [1.29, 1.82) is 0 Å². The van der Waals surface area contributed by atoms with E-state index in [1.807, 2.05) is 24.6 Å². The lowest BCUT2D eigenvalue weighted by molar-refractivity contribution is 0.421. The van der Waals surface area contributed by atoms with Crippen molar-refractivity contribution in [2.24, 2.45) is 5.73 Å². The minimum atomic E-state index is 0.0135. The van der Waals surface area contributed by atoms with E-state index in [4.69, 9.17) is 17.3 Å². The fraction of sp³-hybridized carbons (Fsp3) is 0.462. The zero-order chi connectivity index (χ0) is 14.2. The van der Waals surface area contributed by atoms with Gasteiger partial charge in [0.25, 0.3) is 0 Å². The van der Waals surface area contributed by atoms with Crippen LogP contribution in [0.2, 0.25) is 5.02 Å². The predicted octanol–water partition coefficient (Wildman–Crippen LogP) is 4.30. The van der Waals surface area contributed by atoms with Gasteiger partial charge in [-0.3, -0.25) is 4.68 Å². The van der Waals surface area contributed by atoms with Gasteiger partial charge in [0, 0.05) is 10.9 Å². The molecule has 104 valence electrons. The van der Waals surface area contributed by atoms with Crippen molar-refractivity contribution in [3.63, 3.8) is 0 Å². The van der Waals surface area contributed by atoms with E-state index >= 15 is 0 Å². The van der Waals surface area contributed by atoms with Crippen LogP contribution in [0.5, 0.6) is 0 Å². The Morgan fingerprint density at radius 2 is 2.16 bits per heavy atom. The third-order valence-corrected chi connectivity index (χ3v) is 5.50. The molecule has 0 saturated heterocycles. The number of aromatic nitrogens is 2. The molecule has 2 aromatic rings. The average Bonchev–Trinajstić information content (AvgIpc) is 2.90. The Morgan fingerprint density at radius 1 is 1.47 bits per heavy atom. The summed E-state index contributed by atoms with van der Waals surface area (Å²) in [4.78, 5) is 1.20. The SMILES string of the molecule is CCC(N)C(c1ccc(Br)s1)n1nc(C)c(Cl)c1C. The summed E-state index contributed by atoms with van der Waals surface area (Å²) in [5.74, 6) is 0. The molecule has 0 aliphatic carbocycles. The molecule has 0 spiro atoms. The van der Waals surface area contributed by atoms with Crippen molar-refractivity contribution in [1.82, 2.24) is 9.78 Å². The maximum atomic E-state index is 6.31. The van der Waals surface area contributed by atoms with Crippen LogP contribution in [0.1, 0.15) is 35.7 Å². The van der Waals surface area contributed by atoms with Crippen molar-refractivity contribution >= 4 is 38.9 Å². The highest BCUT2D eigenvalue weighted by molar-refractivity contribution is 9.11. The van der Waals surface area contributed by atoms with Crippen LogP contribution in [-0.4, -0.2) is 15.8 Å². The van der Waals surface area contributed by atoms with E-state index in [0.717, 1.165) is 26.6 Å². The third-order valence-electron chi connectivity index (χ3n) is 3.26. The summed E-state index contributed by atoms with van der Waals surface area (Å²) in [6, 6.07) is 4.19. The smallest absolute Gasteiger partial charge is 0.101 e. The highest BCUT2D eigenvalue weighted by Crippen LogP contribution is 2.34. The number of halogens is 2. The van der Waals surface area contributed by atoms with E-state index in [2.05, 4.69) is 34.0 Å². The topological polar surface area (TPSA) is 43.8 Å². The Balaban J connectivity index is 2.52. The lowest BCUT2D eigenvalue weighted by atomic mass is 10.1. The van der Waals surface area contributed by atoms with Gasteiger partial charge in [0.2, 0.25) is 0 Å². The largest absolute Gasteiger partial charge is 0.326 e. The van der Waals surface area contributed by atoms with E-state index in [9.17, 15) is 0 Å². The molecule has 2 atom stereocenters. The molecule has 19 heavy (non-hydrogen) atoms. The van der Waals surface area contributed by atoms with E-state index in [-0.39, 0.29) is 12.1 Å². The first-order valence-corrected chi connectivity index (χ1v) is 8.16. The lowest BCUT2D eigenvalue weighted by Crippen LogP contribution is -2.33. The number of hydrogen-bond donors (Lipinski definition) is 1. The van der Waals surface area contributed by atoms with E-state index in [1.54, 1.807) is 11.3 Å². The molecule has 2 aromatic heterocycles. The van der Waals surface area contributed by atoms with Crippen LogP contribution in [0.25, 0.3) is 0 Å². The molecule has 0 aromatic carbocycles. The van der Waals surface area contributed by atoms with Crippen LogP contribution in [0, 0.1) is 13.8 Å². The average molecular weight is 363 g/mol. The van der Waals surface area contributed by atoms with Crippen molar-refractivity contribution in [2.75, 3.05) is 0 Å². The molecule has 0 aliphatic heterocycles. The van der Waals surface area contributed by atoms with Crippen LogP contribution in [0.3, 0.4) is 0 Å². The first-order valence-electron chi connectivity index (χ1n) is 6.17. The van der Waals surface area contributed by atoms with Gasteiger partial charge >= 0.3 is 0 Å². The van der Waals surface area contributed by atoms with Gasteiger partial charge in [-0.2, -0.15) is 5.10 Å². The normalized spacial score (nSPS) is 14.6. The minimum Gasteiger partial charge on any atom is -0.326 e. The summed E-state index contributed by atoms with van der Waals surface area (Å²) in [6.07, 6.45) is 0.885. The van der Waals surface area contributed by atoms with Gasteiger partial charge in [-0.15, -0.1) is 11.3 Å². The standard InChI is InChI=1S/C13H17BrClN3S/c1-4-9(16)13(10-5-6-11(14)19-10)18-8(3)12(15)7(2)17-18/h5-6,9,13H,4,16H2,1-3H3. The van der Waals surface area contributed by atoms with Crippen molar-refractivity contribution in [2.45, 2.75) is 39.3 Å². The first kappa shape index (κ1) is 15.0. The molecule has 2 rings (SSSR count). The number of nitrogens with zero attached hydrogens (tertiary/aromatic N) is 2. The first-order chi connectivity index (χ1) is 8.95. The van der Waals surface area contributed by atoms with Gasteiger partial charge in [-0.25, -0.2) is 0 Å². The Hall–Kier alpha value is -0.360. The molecule has 0 radical (unpaired) electrons. The zero-order valence-electron chi connectivity index (χ0n) is 11.2. The van der Waals surface area contributed by atoms with Gasteiger partial charge in [-0.1, -0.05) is 18.5 Å². The third kappa shape index (κ3) is 2.89. The molecule has 3 nitrogen and oxygen atoms in total. The summed E-state index contributed by atoms with van der Waals surface area (Å²) < 4.78 is 3.06. The Labute approximate surface area is 130 Å². The van der Waals surface area contributed by atoms with Crippen LogP contribution >= 0.6 is 38.9 Å². The molecule has 6 heteroatoms. The van der Waals surface area contributed by atoms with Gasteiger partial charge < -0.3 is 5.73 Å². The van der Waals surface area contributed by atoms with Crippen molar-refractivity contribution in [3.05, 3.63) is 37.2 Å². The van der Waals surface area contributed by atoms with Crippen LogP contribution < -0.4 is 5.73 Å². The summed E-state index contributed by atoms with van der Waals surface area (Å²) in [7, 11) is 0. The van der Waals surface area contributed by atoms with E-state index in [0.29, 0.717) is 0 Å². The maximum absolute atomic E-state index is 6.31. The second-order valence-electron chi connectivity index (χ2n) is 4.59. The number of aryl methyl sites for hydroxylation is 1. The molecule has 0 saturated carbocycles. The fourth-order valence-electron chi connectivity index (χ4n) is 2.14. The van der Waals surface area contributed by atoms with Crippen LogP contribution in [0.4, 0.5) is 0 Å². The molecule has 0 bridgehead atoms. The quantitative estimate of drug-likeness (QED) is 0.881. The lowest BCUT2D eigenvalue weighted by Gasteiger charge is -2.23. The highest BCUT2D eigenvalue weighted by Gasteiger charge is 2.26. The van der Waals surface area contributed by atoms with Crippen molar-refractivity contribution in [3.8, 4) is 0 Å². The highest BCUT2D eigenvalue weighted by atomic mass is 79.9. The predicted molar refractivity (Wildman–Crippen MR) is 85.1 cm³/mol. The van der Waals surface area contributed by atoms with Gasteiger partial charge in [0.1, 0.15) is 6.04 Å². The molecule has 0 fully saturated rings. The molecule has 2 unspecified atom stereocenters. The van der Waals surface area contributed by atoms with E-state index in [1.165, 1.54) is 4.88 Å². The molecular weight excluding hydrogens is 346 g/mol. The van der Waals surface area contributed by atoms with E-state index < -0.39 is 0 Å². The molecule has 2 N–H and O–H groups in total. The Bertz CT molecular complexity index is 578. The second kappa shape index (κ2) is 5.95. The van der Waals surface area contributed by atoms with Crippen molar-refractivity contribution < 1.29 is 0 Å². The molecule has 0 aliphatic rings. The van der Waals surface area contributed by atoms with Gasteiger partial charge in [0.15, 0.2) is 0 Å². The Morgan fingerprint density at radius 3 is 2.58 bits per heavy atom.